The maximum absolute atomic E-state index is 13.7. The molecule has 1 aromatic heterocycles. The van der Waals surface area contributed by atoms with Crippen LogP contribution in [0, 0.1) is 5.92 Å². The normalized spacial score (nSPS) is 12.6. The van der Waals surface area contributed by atoms with Gasteiger partial charge in [-0.1, -0.05) is 73.4 Å². The molecule has 16 heteroatoms. The molecule has 0 aliphatic carbocycles. The van der Waals surface area contributed by atoms with Crippen molar-refractivity contribution in [3.05, 3.63) is 87.9 Å². The Hall–Kier alpha value is -4.95. The number of hydrogen-bond acceptors (Lipinski definition) is 10. The molecule has 49 heavy (non-hydrogen) atoms. The van der Waals surface area contributed by atoms with Gasteiger partial charge in [-0.15, -0.1) is 0 Å². The molecular formula is C33H37Cl2N5O9. The number of amides is 3. The summed E-state index contributed by atoms with van der Waals surface area (Å²) in [6, 6.07) is 9.33. The van der Waals surface area contributed by atoms with Gasteiger partial charge in [0.1, 0.15) is 24.7 Å². The number of ether oxygens (including phenoxy) is 3. The molecule has 3 rings (SSSR count). The minimum atomic E-state index is -1.52. The molecule has 14 nitrogen and oxygen atoms in total. The van der Waals surface area contributed by atoms with Gasteiger partial charge in [0.2, 0.25) is 11.8 Å². The summed E-state index contributed by atoms with van der Waals surface area (Å²) < 4.78 is 15.3. The topological polar surface area (TPSA) is 195 Å². The van der Waals surface area contributed by atoms with Crippen molar-refractivity contribution in [2.75, 3.05) is 13.2 Å². The molecule has 3 amide bonds. The number of aromatic nitrogens is 2. The number of ketones is 1. The summed E-state index contributed by atoms with van der Waals surface area (Å²) >= 11 is 12.1. The molecule has 3 aromatic rings. The van der Waals surface area contributed by atoms with Gasteiger partial charge in [0, 0.05) is 12.6 Å². The Balaban J connectivity index is 1.75. The molecule has 4 N–H and O–H groups in total. The molecule has 3 atom stereocenters. The van der Waals surface area contributed by atoms with Gasteiger partial charge in [0.15, 0.2) is 12.4 Å². The van der Waals surface area contributed by atoms with Crippen LogP contribution in [0.4, 0.5) is 4.79 Å². The summed E-state index contributed by atoms with van der Waals surface area (Å²) in [6.45, 7) is 4.06. The van der Waals surface area contributed by atoms with Crippen molar-refractivity contribution in [3.8, 4) is 0 Å². The van der Waals surface area contributed by atoms with Crippen LogP contribution in [0.3, 0.4) is 0 Å². The fourth-order valence-electron chi connectivity index (χ4n) is 4.42. The smallest absolute Gasteiger partial charge is 0.408 e. The summed E-state index contributed by atoms with van der Waals surface area (Å²) in [4.78, 5) is 84.9. The maximum atomic E-state index is 13.7. The van der Waals surface area contributed by atoms with Crippen LogP contribution in [0.15, 0.2) is 61.1 Å². The molecule has 262 valence electrons. The number of Topliss-reactive ketones (excluding diaryl/α,β-unsaturated/α-hetero) is 1. The van der Waals surface area contributed by atoms with Crippen molar-refractivity contribution in [2.24, 2.45) is 5.92 Å². The minimum Gasteiger partial charge on any atom is -0.466 e. The second-order valence-electron chi connectivity index (χ2n) is 11.0. The highest BCUT2D eigenvalue weighted by atomic mass is 35.5. The number of halogens is 2. The van der Waals surface area contributed by atoms with E-state index in [9.17, 15) is 28.8 Å². The molecule has 0 radical (unpaired) electrons. The number of benzene rings is 2. The lowest BCUT2D eigenvalue weighted by Gasteiger charge is -2.26. The highest BCUT2D eigenvalue weighted by Crippen LogP contribution is 2.25. The summed E-state index contributed by atoms with van der Waals surface area (Å²) in [5.41, 5.74) is 0.965. The maximum Gasteiger partial charge on any atom is 0.408 e. The minimum absolute atomic E-state index is 0.00285. The molecule has 2 aromatic carbocycles. The van der Waals surface area contributed by atoms with Crippen molar-refractivity contribution in [2.45, 2.75) is 58.3 Å². The Morgan fingerprint density at radius 3 is 2.12 bits per heavy atom. The number of rotatable bonds is 17. The van der Waals surface area contributed by atoms with Crippen LogP contribution in [0.25, 0.3) is 0 Å². The lowest BCUT2D eigenvalue weighted by molar-refractivity contribution is -0.146. The van der Waals surface area contributed by atoms with Gasteiger partial charge in [-0.3, -0.25) is 19.2 Å². The van der Waals surface area contributed by atoms with Crippen LogP contribution in [-0.4, -0.2) is 76.9 Å². The van der Waals surface area contributed by atoms with E-state index in [0.29, 0.717) is 5.69 Å². The predicted molar refractivity (Wildman–Crippen MR) is 178 cm³/mol. The quantitative estimate of drug-likeness (QED) is 0.118. The monoisotopic (exact) mass is 717 g/mol. The van der Waals surface area contributed by atoms with Gasteiger partial charge < -0.3 is 35.1 Å². The van der Waals surface area contributed by atoms with E-state index in [1.54, 1.807) is 45.0 Å². The first-order valence-corrected chi connectivity index (χ1v) is 16.0. The number of carbonyl (C=O) groups excluding carboxylic acids is 6. The molecule has 1 unspecified atom stereocenters. The number of hydrogen-bond donors (Lipinski definition) is 4. The van der Waals surface area contributed by atoms with Crippen molar-refractivity contribution in [3.63, 3.8) is 0 Å². The summed E-state index contributed by atoms with van der Waals surface area (Å²) in [5.74, 6) is -4.69. The molecule has 0 aliphatic heterocycles. The number of esters is 2. The number of imidazole rings is 1. The van der Waals surface area contributed by atoms with Gasteiger partial charge >= 0.3 is 18.0 Å². The van der Waals surface area contributed by atoms with Crippen LogP contribution in [0.5, 0.6) is 0 Å². The second kappa shape index (κ2) is 19.1. The lowest BCUT2D eigenvalue weighted by Crippen LogP contribution is -2.58. The first kappa shape index (κ1) is 38.5. The molecular weight excluding hydrogens is 681 g/mol. The predicted octanol–water partition coefficient (Wildman–Crippen LogP) is 3.56. The van der Waals surface area contributed by atoms with E-state index in [0.717, 1.165) is 5.56 Å². The van der Waals surface area contributed by atoms with Gasteiger partial charge in [-0.25, -0.2) is 14.6 Å². The number of aromatic amines is 1. The van der Waals surface area contributed by atoms with Gasteiger partial charge in [-0.05, 0) is 30.5 Å². The zero-order chi connectivity index (χ0) is 35.9. The Kier molecular flexibility index (Phi) is 15.0. The second-order valence-corrected chi connectivity index (χ2v) is 11.8. The first-order chi connectivity index (χ1) is 23.4. The van der Waals surface area contributed by atoms with E-state index >= 15 is 0 Å². The van der Waals surface area contributed by atoms with E-state index in [1.807, 2.05) is 6.07 Å². The van der Waals surface area contributed by atoms with E-state index in [1.165, 1.54) is 30.7 Å². The number of alkyl carbamates (subject to hydrolysis) is 1. The molecule has 0 bridgehead atoms. The fourth-order valence-corrected chi connectivity index (χ4v) is 4.97. The third-order valence-corrected chi connectivity index (χ3v) is 7.56. The van der Waals surface area contributed by atoms with Gasteiger partial charge in [0.25, 0.3) is 0 Å². The van der Waals surface area contributed by atoms with Crippen LogP contribution in [0.1, 0.15) is 48.8 Å². The number of nitrogens with zero attached hydrogens (tertiary/aromatic N) is 1. The third-order valence-electron chi connectivity index (χ3n) is 6.93. The highest BCUT2D eigenvalue weighted by Gasteiger charge is 2.33. The number of nitrogens with one attached hydrogen (secondary N) is 4. The van der Waals surface area contributed by atoms with E-state index in [2.05, 4.69) is 25.9 Å². The molecule has 0 spiro atoms. The van der Waals surface area contributed by atoms with Crippen LogP contribution < -0.4 is 16.0 Å². The summed E-state index contributed by atoms with van der Waals surface area (Å²) in [6.07, 6.45) is 1.30. The standard InChI is InChI=1S/C33H37Cl2N5O9/c1-4-47-27(42)14-24(26(41)17-48-32(45)28-22(34)11-8-12-23(28)35)38-30(43)25(13-21-15-36-18-37-21)39-31(44)29(19(2)3)40-33(46)49-16-20-9-6-5-7-10-20/h5-12,15,18-19,24-25,29H,4,13-14,16-17H2,1-3H3,(H,36,37)(H,38,43)(H,39,44)(H,40,46)/t24?,25-,29-/m0/s1. The number of H-pyrrole nitrogens is 1. The molecule has 0 saturated heterocycles. The van der Waals surface area contributed by atoms with Gasteiger partial charge in [0.05, 0.1) is 40.7 Å². The van der Waals surface area contributed by atoms with Crippen molar-refractivity contribution in [1.82, 2.24) is 25.9 Å². The van der Waals surface area contributed by atoms with Crippen LogP contribution in [-0.2, 0) is 46.4 Å². The summed E-state index contributed by atoms with van der Waals surface area (Å²) in [5, 5.41) is 7.59. The fraction of sp³-hybridized carbons (Fsp3) is 0.364. The van der Waals surface area contributed by atoms with Crippen molar-refractivity contribution >= 4 is 58.8 Å². The Morgan fingerprint density at radius 2 is 1.51 bits per heavy atom. The first-order valence-electron chi connectivity index (χ1n) is 15.2. The molecule has 0 aliphatic rings. The summed E-state index contributed by atoms with van der Waals surface area (Å²) in [7, 11) is 0. The van der Waals surface area contributed by atoms with Crippen molar-refractivity contribution < 1.29 is 43.0 Å². The van der Waals surface area contributed by atoms with E-state index < -0.39 is 72.7 Å². The van der Waals surface area contributed by atoms with Crippen LogP contribution >= 0.6 is 23.2 Å². The highest BCUT2D eigenvalue weighted by molar-refractivity contribution is 6.39. The Labute approximate surface area is 292 Å². The average molecular weight is 719 g/mol. The molecule has 0 saturated carbocycles. The SMILES string of the molecule is CCOC(=O)CC(NC(=O)[C@H](Cc1c[nH]cn1)NC(=O)[C@@H](NC(=O)OCc1ccccc1)C(C)C)C(=O)COC(=O)c1c(Cl)cccc1Cl. The lowest BCUT2D eigenvalue weighted by atomic mass is 10.0. The largest absolute Gasteiger partial charge is 0.466 e. The average Bonchev–Trinajstić information content (AvgIpc) is 3.58. The zero-order valence-electron chi connectivity index (χ0n) is 27.0. The molecule has 1 heterocycles. The van der Waals surface area contributed by atoms with E-state index in [4.69, 9.17) is 37.4 Å². The molecule has 0 fully saturated rings. The Bertz CT molecular complexity index is 1580. The van der Waals surface area contributed by atoms with E-state index in [-0.39, 0.29) is 35.2 Å². The van der Waals surface area contributed by atoms with Gasteiger partial charge in [-0.2, -0.15) is 0 Å². The zero-order valence-corrected chi connectivity index (χ0v) is 28.5. The Morgan fingerprint density at radius 1 is 0.837 bits per heavy atom. The third kappa shape index (κ3) is 12.2. The van der Waals surface area contributed by atoms with Crippen LogP contribution in [0.2, 0.25) is 10.0 Å². The van der Waals surface area contributed by atoms with Crippen molar-refractivity contribution in [1.29, 1.82) is 0 Å². The number of carbonyl (C=O) groups is 6.